The van der Waals surface area contributed by atoms with E-state index in [0.29, 0.717) is 0 Å². The first kappa shape index (κ1) is 14.5. The van der Waals surface area contributed by atoms with Gasteiger partial charge >= 0.3 is 0 Å². The second-order valence-electron chi connectivity index (χ2n) is 5.46. The van der Waals surface area contributed by atoms with Gasteiger partial charge < -0.3 is 10.1 Å². The Bertz CT molecular complexity index is 399. The Morgan fingerprint density at radius 3 is 2.42 bits per heavy atom. The lowest BCUT2D eigenvalue weighted by Gasteiger charge is -2.39. The first-order valence-corrected chi connectivity index (χ1v) is 7.20. The van der Waals surface area contributed by atoms with E-state index >= 15 is 0 Å². The summed E-state index contributed by atoms with van der Waals surface area (Å²) in [4.78, 5) is 0. The molecule has 1 aromatic carbocycles. The normalized spacial score (nSPS) is 20.8. The molecule has 2 nitrogen and oxygen atoms in total. The van der Waals surface area contributed by atoms with Crippen molar-refractivity contribution in [3.63, 3.8) is 0 Å². The topological polar surface area (TPSA) is 21.3 Å². The Labute approximate surface area is 115 Å². The van der Waals surface area contributed by atoms with Crippen molar-refractivity contribution in [3.8, 4) is 0 Å². The van der Waals surface area contributed by atoms with Crippen LogP contribution in [-0.4, -0.2) is 19.8 Å². The maximum absolute atomic E-state index is 13.5. The molecule has 1 unspecified atom stereocenters. The molecule has 106 valence electrons. The molecule has 0 aliphatic heterocycles. The van der Waals surface area contributed by atoms with Crippen LogP contribution in [0.15, 0.2) is 24.3 Å². The van der Waals surface area contributed by atoms with Gasteiger partial charge in [-0.05, 0) is 37.6 Å². The van der Waals surface area contributed by atoms with Crippen molar-refractivity contribution in [1.82, 2.24) is 5.32 Å². The molecule has 0 saturated heterocycles. The molecule has 1 fully saturated rings. The van der Waals surface area contributed by atoms with Gasteiger partial charge in [-0.25, -0.2) is 4.39 Å². The number of halogens is 1. The van der Waals surface area contributed by atoms with E-state index in [1.807, 2.05) is 13.1 Å². The fourth-order valence-corrected chi connectivity index (χ4v) is 3.36. The van der Waals surface area contributed by atoms with Crippen LogP contribution >= 0.6 is 0 Å². The molecule has 3 heteroatoms. The third-order valence-corrected chi connectivity index (χ3v) is 4.35. The lowest BCUT2D eigenvalue weighted by Crippen LogP contribution is -2.44. The summed E-state index contributed by atoms with van der Waals surface area (Å²) in [5, 5.41) is 3.34. The van der Waals surface area contributed by atoms with Crippen LogP contribution in [0.1, 0.15) is 50.1 Å². The molecule has 2 rings (SSSR count). The molecule has 0 radical (unpaired) electrons. The molecule has 0 heterocycles. The van der Waals surface area contributed by atoms with Gasteiger partial charge in [0.25, 0.3) is 0 Å². The van der Waals surface area contributed by atoms with E-state index < -0.39 is 0 Å². The summed E-state index contributed by atoms with van der Waals surface area (Å²) in [6.45, 7) is 0. The first-order valence-electron chi connectivity index (χ1n) is 7.20. The second-order valence-corrected chi connectivity index (χ2v) is 5.46. The van der Waals surface area contributed by atoms with Gasteiger partial charge in [-0.3, -0.25) is 0 Å². The van der Waals surface area contributed by atoms with E-state index in [1.165, 1.54) is 31.7 Å². The summed E-state index contributed by atoms with van der Waals surface area (Å²) in [5.41, 5.74) is 0.769. The van der Waals surface area contributed by atoms with Crippen LogP contribution in [0, 0.1) is 5.82 Å². The molecule has 0 aromatic heterocycles. The summed E-state index contributed by atoms with van der Waals surface area (Å²) in [7, 11) is 3.72. The number of benzene rings is 1. The van der Waals surface area contributed by atoms with Crippen LogP contribution in [-0.2, 0) is 4.74 Å². The van der Waals surface area contributed by atoms with E-state index in [0.717, 1.165) is 18.4 Å². The van der Waals surface area contributed by atoms with E-state index in [2.05, 4.69) is 5.32 Å². The van der Waals surface area contributed by atoms with Crippen LogP contribution in [0.25, 0.3) is 0 Å². The molecule has 1 N–H and O–H groups in total. The molecule has 19 heavy (non-hydrogen) atoms. The van der Waals surface area contributed by atoms with Crippen LogP contribution in [0.5, 0.6) is 0 Å². The zero-order chi connectivity index (χ0) is 13.7. The zero-order valence-corrected chi connectivity index (χ0v) is 11.9. The lowest BCUT2D eigenvalue weighted by molar-refractivity contribution is -0.0523. The Balaban J connectivity index is 2.32. The van der Waals surface area contributed by atoms with Crippen molar-refractivity contribution in [1.29, 1.82) is 0 Å². The Morgan fingerprint density at radius 2 is 1.89 bits per heavy atom. The van der Waals surface area contributed by atoms with Gasteiger partial charge in [0.05, 0.1) is 11.6 Å². The highest BCUT2D eigenvalue weighted by Crippen LogP contribution is 2.40. The smallest absolute Gasteiger partial charge is 0.123 e. The van der Waals surface area contributed by atoms with Gasteiger partial charge in [-0.2, -0.15) is 0 Å². The number of rotatable bonds is 4. The number of ether oxygens (including phenoxy) is 1. The molecule has 0 bridgehead atoms. The minimum Gasteiger partial charge on any atom is -0.376 e. The predicted octanol–water partition coefficient (Wildman–Crippen LogP) is 3.83. The summed E-state index contributed by atoms with van der Waals surface area (Å²) in [6, 6.07) is 6.91. The highest BCUT2D eigenvalue weighted by Gasteiger charge is 2.39. The summed E-state index contributed by atoms with van der Waals surface area (Å²) >= 11 is 0. The van der Waals surface area contributed by atoms with E-state index in [9.17, 15) is 4.39 Å². The molecule has 1 aliphatic carbocycles. The molecule has 0 spiro atoms. The average molecular weight is 265 g/mol. The van der Waals surface area contributed by atoms with Crippen LogP contribution in [0.2, 0.25) is 0 Å². The van der Waals surface area contributed by atoms with Gasteiger partial charge in [0.2, 0.25) is 0 Å². The largest absolute Gasteiger partial charge is 0.376 e. The van der Waals surface area contributed by atoms with Crippen LogP contribution < -0.4 is 5.32 Å². The Morgan fingerprint density at radius 1 is 1.21 bits per heavy atom. The Hall–Kier alpha value is -0.930. The van der Waals surface area contributed by atoms with Crippen molar-refractivity contribution in [2.75, 3.05) is 14.2 Å². The monoisotopic (exact) mass is 265 g/mol. The Kier molecular flexibility index (Phi) is 4.94. The SMILES string of the molecule is CNC(c1cccc(F)c1)C1(OC)CCCCCC1. The third-order valence-electron chi connectivity index (χ3n) is 4.35. The maximum Gasteiger partial charge on any atom is 0.123 e. The third kappa shape index (κ3) is 3.15. The van der Waals surface area contributed by atoms with E-state index in [-0.39, 0.29) is 17.5 Å². The van der Waals surface area contributed by atoms with Gasteiger partial charge in [0.1, 0.15) is 5.82 Å². The maximum atomic E-state index is 13.5. The molecule has 1 aromatic rings. The lowest BCUT2D eigenvalue weighted by atomic mass is 9.82. The molecule has 1 atom stereocenters. The fourth-order valence-electron chi connectivity index (χ4n) is 3.36. The minimum atomic E-state index is -0.209. The van der Waals surface area contributed by atoms with Crippen LogP contribution in [0.4, 0.5) is 4.39 Å². The summed E-state index contributed by atoms with van der Waals surface area (Å²) in [6.07, 6.45) is 6.97. The number of hydrogen-bond acceptors (Lipinski definition) is 2. The molecule has 1 saturated carbocycles. The highest BCUT2D eigenvalue weighted by atomic mass is 19.1. The van der Waals surface area contributed by atoms with Gasteiger partial charge in [0.15, 0.2) is 0 Å². The summed E-state index contributed by atoms with van der Waals surface area (Å²) < 4.78 is 19.4. The fraction of sp³-hybridized carbons (Fsp3) is 0.625. The zero-order valence-electron chi connectivity index (χ0n) is 11.9. The second kappa shape index (κ2) is 6.49. The van der Waals surface area contributed by atoms with Crippen molar-refractivity contribution < 1.29 is 9.13 Å². The summed E-state index contributed by atoms with van der Waals surface area (Å²) in [5.74, 6) is -0.183. The number of nitrogens with one attached hydrogen (secondary N) is 1. The van der Waals surface area contributed by atoms with Crippen molar-refractivity contribution in [3.05, 3.63) is 35.6 Å². The number of methoxy groups -OCH3 is 1. The molecular formula is C16H24FNO. The minimum absolute atomic E-state index is 0.0475. The van der Waals surface area contributed by atoms with Gasteiger partial charge in [-0.15, -0.1) is 0 Å². The average Bonchev–Trinajstić information content (AvgIpc) is 2.66. The van der Waals surface area contributed by atoms with Crippen molar-refractivity contribution in [2.45, 2.75) is 50.2 Å². The highest BCUT2D eigenvalue weighted by molar-refractivity contribution is 5.23. The number of likely N-dealkylation sites (N-methyl/N-ethyl adjacent to an activating group) is 1. The quantitative estimate of drug-likeness (QED) is 0.835. The molecule has 1 aliphatic rings. The van der Waals surface area contributed by atoms with E-state index in [4.69, 9.17) is 4.74 Å². The van der Waals surface area contributed by atoms with E-state index in [1.54, 1.807) is 19.2 Å². The van der Waals surface area contributed by atoms with Gasteiger partial charge in [-0.1, -0.05) is 37.8 Å². The van der Waals surface area contributed by atoms with Crippen LogP contribution in [0.3, 0.4) is 0 Å². The van der Waals surface area contributed by atoms with Crippen molar-refractivity contribution >= 4 is 0 Å². The molecular weight excluding hydrogens is 241 g/mol. The number of hydrogen-bond donors (Lipinski definition) is 1. The predicted molar refractivity (Wildman–Crippen MR) is 75.6 cm³/mol. The first-order chi connectivity index (χ1) is 9.22. The molecule has 0 amide bonds. The van der Waals surface area contributed by atoms with Crippen molar-refractivity contribution in [2.24, 2.45) is 0 Å². The standard InChI is InChI=1S/C16H24FNO/c1-18-15(13-8-7-9-14(17)12-13)16(19-2)10-5-3-4-6-11-16/h7-9,12,15,18H,3-6,10-11H2,1-2H3. The van der Waals surface area contributed by atoms with Gasteiger partial charge in [0, 0.05) is 7.11 Å².